The summed E-state index contributed by atoms with van der Waals surface area (Å²) in [5.41, 5.74) is 7.35. The number of allylic oxidation sites excluding steroid dienone is 1. The molecule has 23 heavy (non-hydrogen) atoms. The molecule has 0 saturated carbocycles. The Morgan fingerprint density at radius 2 is 1.57 bits per heavy atom. The third kappa shape index (κ3) is 5.71. The van der Waals surface area contributed by atoms with Crippen LogP contribution in [0.2, 0.25) is 0 Å². The van der Waals surface area contributed by atoms with Gasteiger partial charge in [-0.15, -0.1) is 6.58 Å². The van der Waals surface area contributed by atoms with Crippen LogP contribution >= 0.6 is 0 Å². The van der Waals surface area contributed by atoms with E-state index in [9.17, 15) is 0 Å². The van der Waals surface area contributed by atoms with Crippen molar-refractivity contribution in [2.45, 2.75) is 58.8 Å². The monoisotopic (exact) mass is 306 g/mol. The molecule has 0 aliphatic heterocycles. The molecule has 0 saturated heterocycles. The zero-order valence-corrected chi connectivity index (χ0v) is 14.8. The maximum Gasteiger partial charge on any atom is -0.0244 e. The van der Waals surface area contributed by atoms with Gasteiger partial charge in [0, 0.05) is 0 Å². The minimum absolute atomic E-state index is 1.06. The number of rotatable bonds is 9. The van der Waals surface area contributed by atoms with Crippen molar-refractivity contribution in [1.29, 1.82) is 0 Å². The van der Waals surface area contributed by atoms with Crippen LogP contribution in [0.5, 0.6) is 0 Å². The van der Waals surface area contributed by atoms with Crippen LogP contribution in [-0.4, -0.2) is 0 Å². The van der Waals surface area contributed by atoms with Crippen molar-refractivity contribution in [1.82, 2.24) is 0 Å². The van der Waals surface area contributed by atoms with Crippen LogP contribution in [0, 0.1) is 6.92 Å². The van der Waals surface area contributed by atoms with Gasteiger partial charge in [-0.3, -0.25) is 0 Å². The van der Waals surface area contributed by atoms with Gasteiger partial charge in [0.25, 0.3) is 0 Å². The van der Waals surface area contributed by atoms with Gasteiger partial charge in [-0.2, -0.15) is 0 Å². The van der Waals surface area contributed by atoms with Crippen LogP contribution in [0.15, 0.2) is 55.1 Å². The molecule has 0 bridgehead atoms. The molecule has 0 N–H and O–H groups in total. The predicted molar refractivity (Wildman–Crippen MR) is 102 cm³/mol. The van der Waals surface area contributed by atoms with Gasteiger partial charge in [0.2, 0.25) is 0 Å². The third-order valence-corrected chi connectivity index (χ3v) is 4.49. The summed E-state index contributed by atoms with van der Waals surface area (Å²) in [6.45, 7) is 8.29. The number of benzene rings is 2. The largest absolute Gasteiger partial charge is 0.103 e. The highest BCUT2D eigenvalue weighted by Gasteiger charge is 2.01. The van der Waals surface area contributed by atoms with Gasteiger partial charge >= 0.3 is 0 Å². The first-order chi connectivity index (χ1) is 11.2. The van der Waals surface area contributed by atoms with Gasteiger partial charge < -0.3 is 0 Å². The Balaban J connectivity index is 1.89. The standard InChI is InChI=1S/C23H30/c1-4-6-10-20-11-7-12-21(17-20)13-8-14-22-16-15-19(3)23(18-22)9-5-2/h4,7,11-12,15-18H,1,5-6,8-10,13-14H2,2-3H3. The molecule has 0 aliphatic rings. The molecule has 2 rings (SSSR count). The maximum atomic E-state index is 3.81. The van der Waals surface area contributed by atoms with Crippen molar-refractivity contribution >= 4 is 0 Å². The molecule has 0 unspecified atom stereocenters. The van der Waals surface area contributed by atoms with Crippen LogP contribution in [0.4, 0.5) is 0 Å². The van der Waals surface area contributed by atoms with E-state index >= 15 is 0 Å². The van der Waals surface area contributed by atoms with Gasteiger partial charge in [0.05, 0.1) is 0 Å². The summed E-state index contributed by atoms with van der Waals surface area (Å²) >= 11 is 0. The molecule has 0 amide bonds. The Kier molecular flexibility index (Phi) is 7.13. The molecule has 0 spiro atoms. The average Bonchev–Trinajstić information content (AvgIpc) is 2.56. The average molecular weight is 306 g/mol. The fourth-order valence-electron chi connectivity index (χ4n) is 3.13. The van der Waals surface area contributed by atoms with E-state index in [1.54, 1.807) is 0 Å². The zero-order chi connectivity index (χ0) is 16.5. The van der Waals surface area contributed by atoms with E-state index in [-0.39, 0.29) is 0 Å². The molecule has 0 heteroatoms. The van der Waals surface area contributed by atoms with Crippen LogP contribution < -0.4 is 0 Å². The molecular formula is C23H30. The van der Waals surface area contributed by atoms with Gasteiger partial charge in [-0.05, 0) is 73.3 Å². The molecule has 0 atom stereocenters. The van der Waals surface area contributed by atoms with E-state index in [1.807, 2.05) is 6.08 Å². The van der Waals surface area contributed by atoms with Crippen molar-refractivity contribution in [3.63, 3.8) is 0 Å². The summed E-state index contributed by atoms with van der Waals surface area (Å²) in [6.07, 6.45) is 10.2. The molecule has 0 heterocycles. The quantitative estimate of drug-likeness (QED) is 0.481. The molecule has 0 aromatic heterocycles. The minimum Gasteiger partial charge on any atom is -0.103 e. The molecular weight excluding hydrogens is 276 g/mol. The van der Waals surface area contributed by atoms with Crippen LogP contribution in [0.1, 0.15) is 54.0 Å². The summed E-state index contributed by atoms with van der Waals surface area (Å²) in [7, 11) is 0. The summed E-state index contributed by atoms with van der Waals surface area (Å²) < 4.78 is 0. The molecule has 2 aromatic rings. The van der Waals surface area contributed by atoms with Crippen molar-refractivity contribution in [2.75, 3.05) is 0 Å². The number of aryl methyl sites for hydroxylation is 5. The van der Waals surface area contributed by atoms with Gasteiger partial charge in [-0.1, -0.05) is 61.9 Å². The van der Waals surface area contributed by atoms with E-state index in [2.05, 4.69) is 62.9 Å². The summed E-state index contributed by atoms with van der Waals surface area (Å²) in [5, 5.41) is 0. The third-order valence-electron chi connectivity index (χ3n) is 4.49. The first-order valence-corrected chi connectivity index (χ1v) is 9.00. The maximum absolute atomic E-state index is 3.81. The fourth-order valence-corrected chi connectivity index (χ4v) is 3.13. The van der Waals surface area contributed by atoms with E-state index in [0.717, 1.165) is 12.8 Å². The summed E-state index contributed by atoms with van der Waals surface area (Å²) in [6, 6.07) is 16.0. The van der Waals surface area contributed by atoms with E-state index in [1.165, 1.54) is 59.9 Å². The Morgan fingerprint density at radius 3 is 2.26 bits per heavy atom. The Labute approximate surface area is 142 Å². The Bertz CT molecular complexity index is 622. The van der Waals surface area contributed by atoms with Gasteiger partial charge in [0.1, 0.15) is 0 Å². The Hall–Kier alpha value is -1.82. The number of hydrogen-bond donors (Lipinski definition) is 0. The lowest BCUT2D eigenvalue weighted by molar-refractivity contribution is 0.814. The summed E-state index contributed by atoms with van der Waals surface area (Å²) in [5.74, 6) is 0. The SMILES string of the molecule is C=CCCc1cccc(CCCc2ccc(C)c(CCC)c2)c1. The Morgan fingerprint density at radius 1 is 0.870 bits per heavy atom. The van der Waals surface area contributed by atoms with E-state index in [4.69, 9.17) is 0 Å². The second kappa shape index (κ2) is 9.35. The van der Waals surface area contributed by atoms with Crippen molar-refractivity contribution in [2.24, 2.45) is 0 Å². The molecule has 0 radical (unpaired) electrons. The lowest BCUT2D eigenvalue weighted by atomic mass is 9.97. The van der Waals surface area contributed by atoms with Crippen molar-refractivity contribution < 1.29 is 0 Å². The second-order valence-corrected chi connectivity index (χ2v) is 6.51. The molecule has 2 aromatic carbocycles. The highest BCUT2D eigenvalue weighted by Crippen LogP contribution is 2.16. The highest BCUT2D eigenvalue weighted by atomic mass is 14.1. The van der Waals surface area contributed by atoms with Gasteiger partial charge in [-0.25, -0.2) is 0 Å². The zero-order valence-electron chi connectivity index (χ0n) is 14.8. The predicted octanol–water partition coefficient (Wildman–Crippen LogP) is 6.24. The topological polar surface area (TPSA) is 0 Å². The van der Waals surface area contributed by atoms with Crippen molar-refractivity contribution in [3.8, 4) is 0 Å². The van der Waals surface area contributed by atoms with E-state index < -0.39 is 0 Å². The molecule has 122 valence electrons. The molecule has 0 aliphatic carbocycles. The van der Waals surface area contributed by atoms with E-state index in [0.29, 0.717) is 0 Å². The first kappa shape index (κ1) is 17.5. The lowest BCUT2D eigenvalue weighted by Crippen LogP contribution is -1.95. The van der Waals surface area contributed by atoms with Gasteiger partial charge in [0.15, 0.2) is 0 Å². The van der Waals surface area contributed by atoms with Crippen LogP contribution in [0.3, 0.4) is 0 Å². The number of hydrogen-bond acceptors (Lipinski definition) is 0. The first-order valence-electron chi connectivity index (χ1n) is 9.00. The minimum atomic E-state index is 1.06. The second-order valence-electron chi connectivity index (χ2n) is 6.51. The summed E-state index contributed by atoms with van der Waals surface area (Å²) in [4.78, 5) is 0. The van der Waals surface area contributed by atoms with Crippen molar-refractivity contribution in [3.05, 3.63) is 82.9 Å². The lowest BCUT2D eigenvalue weighted by Gasteiger charge is -2.09. The smallest absolute Gasteiger partial charge is 0.0244 e. The van der Waals surface area contributed by atoms with Crippen LogP contribution in [-0.2, 0) is 25.7 Å². The highest BCUT2D eigenvalue weighted by molar-refractivity contribution is 5.31. The molecule has 0 fully saturated rings. The normalized spacial score (nSPS) is 10.7. The fraction of sp³-hybridized carbons (Fsp3) is 0.391. The van der Waals surface area contributed by atoms with Crippen LogP contribution in [0.25, 0.3) is 0 Å². The molecule has 0 nitrogen and oxygen atoms in total.